The summed E-state index contributed by atoms with van der Waals surface area (Å²) in [5.74, 6) is -2.61. The molecule has 0 atom stereocenters. The second kappa shape index (κ2) is 3.63. The number of hydrogen-bond acceptors (Lipinski definition) is 2. The van der Waals surface area contributed by atoms with Crippen LogP contribution < -0.4 is 0 Å². The second-order valence-electron chi connectivity index (χ2n) is 3.10. The number of rotatable bonds is 3. The molecule has 1 aromatic carbocycles. The number of hydrogen-bond donors (Lipinski definition) is 2. The first kappa shape index (κ1) is 10.5. The molecule has 14 heavy (non-hydrogen) atoms. The fourth-order valence-corrected chi connectivity index (χ4v) is 1.44. The van der Waals surface area contributed by atoms with Crippen LogP contribution in [0.5, 0.6) is 0 Å². The van der Waals surface area contributed by atoms with Gasteiger partial charge in [-0.15, -0.1) is 0 Å². The first-order chi connectivity index (χ1) is 6.49. The molecule has 4 nitrogen and oxygen atoms in total. The average molecular weight is 210 g/mol. The Bertz CT molecular complexity index is 346. The van der Waals surface area contributed by atoms with E-state index in [9.17, 15) is 9.59 Å². The van der Waals surface area contributed by atoms with Crippen molar-refractivity contribution in [2.45, 2.75) is 5.04 Å². The molecule has 2 N–H and O–H groups in total. The zero-order valence-corrected chi connectivity index (χ0v) is 9.60. The van der Waals surface area contributed by atoms with E-state index in [-0.39, 0.29) is 10.2 Å². The zero-order valence-electron chi connectivity index (χ0n) is 7.60. The molecule has 0 unspecified atom stereocenters. The van der Waals surface area contributed by atoms with E-state index in [0.717, 1.165) is 0 Å². The Morgan fingerprint density at radius 2 is 1.50 bits per heavy atom. The van der Waals surface area contributed by atoms with Crippen molar-refractivity contribution >= 4 is 22.2 Å². The van der Waals surface area contributed by atoms with E-state index in [0.29, 0.717) is 5.56 Å². The van der Waals surface area contributed by atoms with Crippen molar-refractivity contribution in [1.82, 2.24) is 0 Å². The molecule has 0 saturated carbocycles. The molecule has 1 rings (SSSR count). The second-order valence-corrected chi connectivity index (χ2v) is 4.60. The van der Waals surface area contributed by atoms with Crippen LogP contribution in [0.2, 0.25) is 0 Å². The van der Waals surface area contributed by atoms with Crippen LogP contribution in [-0.4, -0.2) is 32.4 Å². The van der Waals surface area contributed by atoms with Crippen molar-refractivity contribution in [3.05, 3.63) is 35.9 Å². The van der Waals surface area contributed by atoms with Crippen molar-refractivity contribution in [3.63, 3.8) is 0 Å². The van der Waals surface area contributed by atoms with Crippen LogP contribution in [0.3, 0.4) is 0 Å². The van der Waals surface area contributed by atoms with Gasteiger partial charge < -0.3 is 10.2 Å². The standard InChI is InChI=1S/C9H10O4Si/c10-7(11)9(14,8(12)13)6-4-2-1-3-5-6/h1-5H,14H3,(H,10,11)(H,12,13). The minimum atomic E-state index is -1.73. The van der Waals surface area contributed by atoms with E-state index in [1.165, 1.54) is 12.1 Å². The minimum Gasteiger partial charge on any atom is -0.480 e. The van der Waals surface area contributed by atoms with Gasteiger partial charge in [-0.25, -0.2) is 0 Å². The van der Waals surface area contributed by atoms with Gasteiger partial charge in [0.25, 0.3) is 0 Å². The normalized spacial score (nSPS) is 11.1. The maximum Gasteiger partial charge on any atom is 0.321 e. The smallest absolute Gasteiger partial charge is 0.321 e. The number of carbonyl (C=O) groups is 2. The van der Waals surface area contributed by atoms with E-state index in [4.69, 9.17) is 10.2 Å². The van der Waals surface area contributed by atoms with Crippen molar-refractivity contribution in [3.8, 4) is 0 Å². The molecule has 0 aliphatic carbocycles. The summed E-state index contributed by atoms with van der Waals surface area (Å²) < 4.78 is 0. The molecule has 0 aliphatic rings. The number of carboxylic acid groups (broad SMARTS) is 2. The van der Waals surface area contributed by atoms with Gasteiger partial charge in [0, 0.05) is 10.2 Å². The summed E-state index contributed by atoms with van der Waals surface area (Å²) in [5.41, 5.74) is 0.326. The Balaban J connectivity index is 3.27. The molecular formula is C9H10O4Si. The summed E-state index contributed by atoms with van der Waals surface area (Å²) in [6, 6.07) is 8.03. The maximum atomic E-state index is 10.9. The van der Waals surface area contributed by atoms with Crippen molar-refractivity contribution in [1.29, 1.82) is 0 Å². The third-order valence-corrected chi connectivity index (χ3v) is 3.64. The summed E-state index contributed by atoms with van der Waals surface area (Å²) in [6.07, 6.45) is 0. The van der Waals surface area contributed by atoms with Crippen LogP contribution >= 0.6 is 0 Å². The predicted octanol–water partition coefficient (Wildman–Crippen LogP) is -0.584. The molecule has 0 radical (unpaired) electrons. The largest absolute Gasteiger partial charge is 0.480 e. The SMILES string of the molecule is O=C(O)C([SiH3])(C(=O)O)c1ccccc1. The van der Waals surface area contributed by atoms with Gasteiger partial charge in [0.05, 0.1) is 0 Å². The molecule has 5 heteroatoms. The van der Waals surface area contributed by atoms with Gasteiger partial charge in [-0.05, 0) is 5.56 Å². The Hall–Kier alpha value is -1.62. The number of carboxylic acids is 2. The van der Waals surface area contributed by atoms with Gasteiger partial charge >= 0.3 is 11.9 Å². The van der Waals surface area contributed by atoms with Gasteiger partial charge in [-0.1, -0.05) is 30.3 Å². The van der Waals surface area contributed by atoms with E-state index < -0.39 is 17.0 Å². The lowest BCUT2D eigenvalue weighted by Gasteiger charge is -2.19. The van der Waals surface area contributed by atoms with Crippen molar-refractivity contribution < 1.29 is 19.8 Å². The van der Waals surface area contributed by atoms with Gasteiger partial charge in [-0.3, -0.25) is 9.59 Å². The van der Waals surface area contributed by atoms with Gasteiger partial charge in [-0.2, -0.15) is 0 Å². The summed E-state index contributed by atoms with van der Waals surface area (Å²) in [7, 11) is 0.0258. The molecule has 0 amide bonds. The Morgan fingerprint density at radius 1 is 1.07 bits per heavy atom. The number of aliphatic carboxylic acids is 2. The zero-order chi connectivity index (χ0) is 10.8. The van der Waals surface area contributed by atoms with E-state index in [1.807, 2.05) is 0 Å². The first-order valence-corrected chi connectivity index (χ1v) is 5.02. The molecule has 0 heterocycles. The highest BCUT2D eigenvalue weighted by Gasteiger charge is 2.42. The summed E-state index contributed by atoms with van der Waals surface area (Å²) in [6.45, 7) is 0. The Labute approximate surface area is 83.6 Å². The molecule has 0 aromatic heterocycles. The first-order valence-electron chi connectivity index (χ1n) is 4.02. The van der Waals surface area contributed by atoms with Crippen LogP contribution in [-0.2, 0) is 14.6 Å². The highest BCUT2D eigenvalue weighted by molar-refractivity contribution is 6.38. The molecular weight excluding hydrogens is 200 g/mol. The monoisotopic (exact) mass is 210 g/mol. The third kappa shape index (κ3) is 1.54. The topological polar surface area (TPSA) is 74.6 Å². The van der Waals surface area contributed by atoms with Crippen LogP contribution in [0, 0.1) is 0 Å². The molecule has 0 bridgehead atoms. The van der Waals surface area contributed by atoms with Gasteiger partial charge in [0.1, 0.15) is 0 Å². The molecule has 0 saturated heterocycles. The fraction of sp³-hybridized carbons (Fsp3) is 0.111. The Morgan fingerprint density at radius 3 is 1.86 bits per heavy atom. The summed E-state index contributed by atoms with van der Waals surface area (Å²) in [5, 5.41) is 16.1. The molecule has 74 valence electrons. The van der Waals surface area contributed by atoms with Crippen LogP contribution in [0.25, 0.3) is 0 Å². The average Bonchev–Trinajstić information content (AvgIpc) is 2.17. The highest BCUT2D eigenvalue weighted by Crippen LogP contribution is 2.20. The van der Waals surface area contributed by atoms with E-state index >= 15 is 0 Å². The van der Waals surface area contributed by atoms with Crippen molar-refractivity contribution in [2.24, 2.45) is 0 Å². The molecule has 0 spiro atoms. The number of benzene rings is 1. The minimum absolute atomic E-state index is 0.0258. The molecule has 0 aliphatic heterocycles. The van der Waals surface area contributed by atoms with Crippen LogP contribution in [0.15, 0.2) is 30.3 Å². The Kier molecular flexibility index (Phi) is 2.71. The van der Waals surface area contributed by atoms with Crippen LogP contribution in [0.4, 0.5) is 0 Å². The fourth-order valence-electron chi connectivity index (χ4n) is 1.11. The quantitative estimate of drug-likeness (QED) is 0.517. The maximum absolute atomic E-state index is 10.9. The van der Waals surface area contributed by atoms with Gasteiger partial charge in [0.2, 0.25) is 0 Å². The van der Waals surface area contributed by atoms with E-state index in [1.54, 1.807) is 18.2 Å². The van der Waals surface area contributed by atoms with Crippen molar-refractivity contribution in [2.75, 3.05) is 0 Å². The highest BCUT2D eigenvalue weighted by atomic mass is 28.1. The van der Waals surface area contributed by atoms with Gasteiger partial charge in [0.15, 0.2) is 5.04 Å². The molecule has 0 fully saturated rings. The summed E-state index contributed by atoms with van der Waals surface area (Å²) >= 11 is 0. The van der Waals surface area contributed by atoms with E-state index in [2.05, 4.69) is 0 Å². The lowest BCUT2D eigenvalue weighted by Crippen LogP contribution is -2.44. The lowest BCUT2D eigenvalue weighted by atomic mass is 9.98. The van der Waals surface area contributed by atoms with Crippen LogP contribution in [0.1, 0.15) is 5.56 Å². The summed E-state index contributed by atoms with van der Waals surface area (Å²) in [4.78, 5) is 21.8. The third-order valence-electron chi connectivity index (χ3n) is 2.21. The predicted molar refractivity (Wildman–Crippen MR) is 53.3 cm³/mol. The lowest BCUT2D eigenvalue weighted by molar-refractivity contribution is -0.152. The molecule has 1 aromatic rings.